The van der Waals surface area contributed by atoms with Gasteiger partial charge in [-0.05, 0) is 59.4 Å². The zero-order valence-electron chi connectivity index (χ0n) is 11.4. The molecule has 0 spiro atoms. The number of aryl methyl sites for hydroxylation is 1. The molecular formula is C17H16O4. The summed E-state index contributed by atoms with van der Waals surface area (Å²) in [5.41, 5.74) is 2.88. The molecule has 0 amide bonds. The number of aromatic hydroxyl groups is 3. The van der Waals surface area contributed by atoms with Crippen LogP contribution in [0.5, 0.6) is 17.2 Å². The molecule has 0 aliphatic heterocycles. The van der Waals surface area contributed by atoms with E-state index in [1.165, 1.54) is 0 Å². The van der Waals surface area contributed by atoms with Crippen molar-refractivity contribution in [2.75, 3.05) is 0 Å². The van der Waals surface area contributed by atoms with Crippen molar-refractivity contribution >= 4 is 0 Å². The summed E-state index contributed by atoms with van der Waals surface area (Å²) in [6.07, 6.45) is 1.79. The molecule has 2 aromatic carbocycles. The average molecular weight is 284 g/mol. The van der Waals surface area contributed by atoms with Gasteiger partial charge < -0.3 is 20.4 Å². The van der Waals surface area contributed by atoms with Gasteiger partial charge in [0, 0.05) is 12.3 Å². The van der Waals surface area contributed by atoms with Gasteiger partial charge in [-0.1, -0.05) is 6.07 Å². The molecule has 2 aromatic rings. The summed E-state index contributed by atoms with van der Waals surface area (Å²) in [5.74, 6) is -0.305. The molecule has 4 rings (SSSR count). The zero-order chi connectivity index (χ0) is 14.8. The van der Waals surface area contributed by atoms with Crippen LogP contribution >= 0.6 is 0 Å². The molecule has 0 radical (unpaired) electrons. The van der Waals surface area contributed by atoms with E-state index in [4.69, 9.17) is 0 Å². The van der Waals surface area contributed by atoms with E-state index in [1.807, 2.05) is 6.07 Å². The van der Waals surface area contributed by atoms with Crippen molar-refractivity contribution in [3.8, 4) is 17.2 Å². The highest BCUT2D eigenvalue weighted by Gasteiger charge is 2.48. The third kappa shape index (κ3) is 1.66. The number of phenolic OH excluding ortho intramolecular Hbond substituents is 3. The predicted octanol–water partition coefficient (Wildman–Crippen LogP) is 2.17. The van der Waals surface area contributed by atoms with Gasteiger partial charge >= 0.3 is 0 Å². The van der Waals surface area contributed by atoms with E-state index in [0.717, 1.165) is 22.3 Å². The van der Waals surface area contributed by atoms with Crippen LogP contribution in [0.25, 0.3) is 0 Å². The molecule has 2 aliphatic carbocycles. The first-order valence-corrected chi connectivity index (χ1v) is 7.07. The Morgan fingerprint density at radius 3 is 2.48 bits per heavy atom. The number of phenols is 3. The maximum Gasteiger partial charge on any atom is 0.157 e. The van der Waals surface area contributed by atoms with E-state index in [9.17, 15) is 20.4 Å². The Morgan fingerprint density at radius 2 is 1.67 bits per heavy atom. The molecule has 4 N–H and O–H groups in total. The summed E-state index contributed by atoms with van der Waals surface area (Å²) in [6, 6.07) is 8.31. The molecular weight excluding hydrogens is 268 g/mol. The van der Waals surface area contributed by atoms with Crippen LogP contribution in [0, 0.1) is 0 Å². The van der Waals surface area contributed by atoms with Gasteiger partial charge in [-0.25, -0.2) is 0 Å². The molecule has 0 saturated carbocycles. The smallest absolute Gasteiger partial charge is 0.157 e. The summed E-state index contributed by atoms with van der Waals surface area (Å²) in [7, 11) is 0. The Hall–Kier alpha value is -2.20. The van der Waals surface area contributed by atoms with E-state index >= 15 is 0 Å². The van der Waals surface area contributed by atoms with Crippen LogP contribution in [0.4, 0.5) is 0 Å². The van der Waals surface area contributed by atoms with Gasteiger partial charge in [0.25, 0.3) is 0 Å². The first-order chi connectivity index (χ1) is 9.98. The minimum atomic E-state index is -0.882. The van der Waals surface area contributed by atoms with Gasteiger partial charge in [0.1, 0.15) is 5.75 Å². The van der Waals surface area contributed by atoms with E-state index in [1.54, 1.807) is 24.3 Å². The van der Waals surface area contributed by atoms with Crippen molar-refractivity contribution in [3.05, 3.63) is 52.6 Å². The molecule has 4 nitrogen and oxygen atoms in total. The Morgan fingerprint density at radius 1 is 0.905 bits per heavy atom. The van der Waals surface area contributed by atoms with Crippen LogP contribution in [0.3, 0.4) is 0 Å². The molecule has 2 atom stereocenters. The number of rotatable bonds is 0. The number of hydrogen-bond donors (Lipinski definition) is 4. The summed E-state index contributed by atoms with van der Waals surface area (Å²) in [6.45, 7) is 0. The SMILES string of the molecule is Oc1ccc2c(c1)CC[C@]1(O)Cc3cc(O)c(O)cc3[C@H]21. The van der Waals surface area contributed by atoms with Gasteiger partial charge in [-0.2, -0.15) is 0 Å². The topological polar surface area (TPSA) is 80.9 Å². The molecule has 2 aliphatic rings. The van der Waals surface area contributed by atoms with Crippen LogP contribution in [0.2, 0.25) is 0 Å². The highest BCUT2D eigenvalue weighted by Crippen LogP contribution is 2.53. The fourth-order valence-electron chi connectivity index (χ4n) is 3.91. The minimum Gasteiger partial charge on any atom is -0.508 e. The lowest BCUT2D eigenvalue weighted by molar-refractivity contribution is 0.0208. The molecule has 0 heterocycles. The molecule has 21 heavy (non-hydrogen) atoms. The Bertz CT molecular complexity index is 753. The molecule has 0 fully saturated rings. The number of aliphatic hydroxyl groups is 1. The molecule has 0 aromatic heterocycles. The van der Waals surface area contributed by atoms with Gasteiger partial charge in [0.15, 0.2) is 11.5 Å². The summed E-state index contributed by atoms with van der Waals surface area (Å²) in [4.78, 5) is 0. The molecule has 0 unspecified atom stereocenters. The van der Waals surface area contributed by atoms with E-state index < -0.39 is 5.60 Å². The van der Waals surface area contributed by atoms with Crippen molar-refractivity contribution in [2.24, 2.45) is 0 Å². The molecule has 108 valence electrons. The van der Waals surface area contributed by atoms with Crippen LogP contribution in [-0.2, 0) is 12.8 Å². The normalized spacial score (nSPS) is 26.0. The lowest BCUT2D eigenvalue weighted by Gasteiger charge is -2.36. The second-order valence-electron chi connectivity index (χ2n) is 6.14. The third-order valence-electron chi connectivity index (χ3n) is 4.85. The highest BCUT2D eigenvalue weighted by atomic mass is 16.3. The molecule has 4 heteroatoms. The van der Waals surface area contributed by atoms with Crippen LogP contribution < -0.4 is 0 Å². The lowest BCUT2D eigenvalue weighted by Crippen LogP contribution is -2.38. The maximum absolute atomic E-state index is 11.0. The summed E-state index contributed by atoms with van der Waals surface area (Å²) < 4.78 is 0. The third-order valence-corrected chi connectivity index (χ3v) is 4.85. The number of hydrogen-bond acceptors (Lipinski definition) is 4. The Kier molecular flexibility index (Phi) is 2.34. The fourth-order valence-corrected chi connectivity index (χ4v) is 3.91. The van der Waals surface area contributed by atoms with E-state index in [2.05, 4.69) is 0 Å². The predicted molar refractivity (Wildman–Crippen MR) is 76.7 cm³/mol. The first kappa shape index (κ1) is 12.5. The average Bonchev–Trinajstić information content (AvgIpc) is 2.71. The first-order valence-electron chi connectivity index (χ1n) is 7.07. The standard InChI is InChI=1S/C17H16O4/c18-11-1-2-12-9(5-11)3-4-17(21)8-10-6-14(19)15(20)7-13(10)16(12)17/h1-2,5-7,16,18-21H,3-4,8H2/t16-,17-/m0/s1. The van der Waals surface area contributed by atoms with Crippen molar-refractivity contribution in [2.45, 2.75) is 30.8 Å². The molecule has 0 bridgehead atoms. The van der Waals surface area contributed by atoms with E-state index in [-0.39, 0.29) is 23.2 Å². The van der Waals surface area contributed by atoms with Gasteiger partial charge in [0.05, 0.1) is 5.60 Å². The second kappa shape index (κ2) is 3.92. The van der Waals surface area contributed by atoms with Gasteiger partial charge in [-0.3, -0.25) is 0 Å². The number of fused-ring (bicyclic) bond motifs is 5. The summed E-state index contributed by atoms with van der Waals surface area (Å²) >= 11 is 0. The quantitative estimate of drug-likeness (QED) is 0.559. The van der Waals surface area contributed by atoms with Gasteiger partial charge in [-0.15, -0.1) is 0 Å². The highest BCUT2D eigenvalue weighted by molar-refractivity contribution is 5.57. The van der Waals surface area contributed by atoms with Gasteiger partial charge in [0.2, 0.25) is 0 Å². The van der Waals surface area contributed by atoms with Crippen molar-refractivity contribution in [1.82, 2.24) is 0 Å². The lowest BCUT2D eigenvalue weighted by atomic mass is 9.72. The number of benzene rings is 2. The maximum atomic E-state index is 11.0. The van der Waals surface area contributed by atoms with Crippen LogP contribution in [0.1, 0.15) is 34.6 Å². The van der Waals surface area contributed by atoms with Crippen LogP contribution in [0.15, 0.2) is 30.3 Å². The summed E-state index contributed by atoms with van der Waals surface area (Å²) in [5, 5.41) is 40.1. The Labute approximate surface area is 121 Å². The fraction of sp³-hybridized carbons (Fsp3) is 0.294. The van der Waals surface area contributed by atoms with Crippen LogP contribution in [-0.4, -0.2) is 26.0 Å². The van der Waals surface area contributed by atoms with E-state index in [0.29, 0.717) is 19.3 Å². The monoisotopic (exact) mass is 284 g/mol. The van der Waals surface area contributed by atoms with Crippen molar-refractivity contribution in [1.29, 1.82) is 0 Å². The van der Waals surface area contributed by atoms with Crippen molar-refractivity contribution < 1.29 is 20.4 Å². The Balaban J connectivity index is 1.95. The minimum absolute atomic E-state index is 0.151. The molecule has 0 saturated heterocycles. The zero-order valence-corrected chi connectivity index (χ0v) is 11.4. The van der Waals surface area contributed by atoms with Crippen molar-refractivity contribution in [3.63, 3.8) is 0 Å². The largest absolute Gasteiger partial charge is 0.508 e. The second-order valence-corrected chi connectivity index (χ2v) is 6.14.